The van der Waals surface area contributed by atoms with E-state index in [2.05, 4.69) is 16.7 Å². The third-order valence-electron chi connectivity index (χ3n) is 4.53. The topological polar surface area (TPSA) is 75.3 Å². The Hall–Kier alpha value is -2.47. The maximum absolute atomic E-state index is 12.2. The van der Waals surface area contributed by atoms with Crippen molar-refractivity contribution in [3.8, 4) is 0 Å². The van der Waals surface area contributed by atoms with Gasteiger partial charge in [0.25, 0.3) is 0 Å². The van der Waals surface area contributed by atoms with Crippen LogP contribution in [0, 0.1) is 0 Å². The monoisotopic (exact) mass is 370 g/mol. The highest BCUT2D eigenvalue weighted by atomic mass is 32.1. The molecule has 0 radical (unpaired) electrons. The molecule has 1 aliphatic carbocycles. The number of fused-ring (bicyclic) bond motifs is 1. The molecule has 0 fully saturated rings. The Kier molecular flexibility index (Phi) is 6.17. The summed E-state index contributed by atoms with van der Waals surface area (Å²) in [4.78, 5) is 36.6. The third kappa shape index (κ3) is 4.79. The molecule has 1 atom stereocenters. The van der Waals surface area contributed by atoms with E-state index in [0.717, 1.165) is 19.3 Å². The molecule has 0 saturated heterocycles. The number of hydrogen-bond donors (Lipinski definition) is 2. The second-order valence-corrected chi connectivity index (χ2v) is 7.34. The minimum absolute atomic E-state index is 0.00441. The van der Waals surface area contributed by atoms with E-state index in [1.165, 1.54) is 22.5 Å². The number of Topliss-reactive ketones (excluding diaryl/α,β-unsaturated/α-hetero) is 1. The second-order valence-electron chi connectivity index (χ2n) is 6.39. The number of thiophene rings is 1. The average Bonchev–Trinajstić information content (AvgIpc) is 3.19. The first-order valence-electron chi connectivity index (χ1n) is 8.84. The van der Waals surface area contributed by atoms with Gasteiger partial charge >= 0.3 is 0 Å². The number of amides is 2. The maximum atomic E-state index is 12.2. The zero-order chi connectivity index (χ0) is 18.4. The van der Waals surface area contributed by atoms with Crippen molar-refractivity contribution in [3.05, 3.63) is 57.8 Å². The zero-order valence-corrected chi connectivity index (χ0v) is 15.3. The Morgan fingerprint density at radius 2 is 1.88 bits per heavy atom. The van der Waals surface area contributed by atoms with E-state index in [4.69, 9.17) is 0 Å². The van der Waals surface area contributed by atoms with E-state index in [-0.39, 0.29) is 43.0 Å². The van der Waals surface area contributed by atoms with Gasteiger partial charge in [0.15, 0.2) is 5.78 Å². The SMILES string of the molecule is O=C(CCC(=O)c1cccs1)NCC(=O)NC1CCCc2ccccc21. The summed E-state index contributed by atoms with van der Waals surface area (Å²) in [6.45, 7) is -0.0648. The van der Waals surface area contributed by atoms with Gasteiger partial charge in [0.2, 0.25) is 11.8 Å². The summed E-state index contributed by atoms with van der Waals surface area (Å²) in [5.74, 6) is -0.530. The predicted molar refractivity (Wildman–Crippen MR) is 101 cm³/mol. The van der Waals surface area contributed by atoms with Crippen LogP contribution < -0.4 is 10.6 Å². The van der Waals surface area contributed by atoms with E-state index < -0.39 is 0 Å². The summed E-state index contributed by atoms with van der Waals surface area (Å²) in [5, 5.41) is 7.43. The van der Waals surface area contributed by atoms with Gasteiger partial charge in [0.05, 0.1) is 17.5 Å². The molecule has 2 amide bonds. The summed E-state index contributed by atoms with van der Waals surface area (Å²) >= 11 is 1.37. The highest BCUT2D eigenvalue weighted by Crippen LogP contribution is 2.29. The molecule has 136 valence electrons. The van der Waals surface area contributed by atoms with Crippen LogP contribution >= 0.6 is 11.3 Å². The lowest BCUT2D eigenvalue weighted by Crippen LogP contribution is -2.39. The van der Waals surface area contributed by atoms with Crippen LogP contribution in [0.2, 0.25) is 0 Å². The molecule has 0 aliphatic heterocycles. The first-order valence-corrected chi connectivity index (χ1v) is 9.72. The molecule has 1 aromatic carbocycles. The average molecular weight is 370 g/mol. The molecule has 1 heterocycles. The van der Waals surface area contributed by atoms with E-state index in [1.807, 2.05) is 29.6 Å². The number of ketones is 1. The number of benzene rings is 1. The number of hydrogen-bond acceptors (Lipinski definition) is 4. The molecular weight excluding hydrogens is 348 g/mol. The van der Waals surface area contributed by atoms with Gasteiger partial charge < -0.3 is 10.6 Å². The van der Waals surface area contributed by atoms with Crippen LogP contribution in [0.25, 0.3) is 0 Å². The smallest absolute Gasteiger partial charge is 0.239 e. The molecule has 2 aromatic rings. The van der Waals surface area contributed by atoms with E-state index in [0.29, 0.717) is 4.88 Å². The molecule has 6 heteroatoms. The molecule has 1 aromatic heterocycles. The molecule has 5 nitrogen and oxygen atoms in total. The second kappa shape index (κ2) is 8.76. The van der Waals surface area contributed by atoms with Crippen molar-refractivity contribution < 1.29 is 14.4 Å². The largest absolute Gasteiger partial charge is 0.348 e. The van der Waals surface area contributed by atoms with Crippen LogP contribution in [0.5, 0.6) is 0 Å². The Morgan fingerprint density at radius 1 is 1.04 bits per heavy atom. The lowest BCUT2D eigenvalue weighted by Gasteiger charge is -2.26. The minimum atomic E-state index is -0.283. The molecule has 3 rings (SSSR count). The van der Waals surface area contributed by atoms with Gasteiger partial charge in [-0.2, -0.15) is 0 Å². The highest BCUT2D eigenvalue weighted by molar-refractivity contribution is 7.12. The molecule has 1 unspecified atom stereocenters. The van der Waals surface area contributed by atoms with Gasteiger partial charge in [-0.3, -0.25) is 14.4 Å². The Morgan fingerprint density at radius 3 is 2.69 bits per heavy atom. The number of carbonyl (C=O) groups excluding carboxylic acids is 3. The minimum Gasteiger partial charge on any atom is -0.348 e. The summed E-state index contributed by atoms with van der Waals surface area (Å²) in [6.07, 6.45) is 3.24. The van der Waals surface area contributed by atoms with Gasteiger partial charge in [0.1, 0.15) is 0 Å². The van der Waals surface area contributed by atoms with Crippen molar-refractivity contribution in [2.45, 2.75) is 38.1 Å². The lowest BCUT2D eigenvalue weighted by atomic mass is 9.88. The number of aryl methyl sites for hydroxylation is 1. The predicted octanol–water partition coefficient (Wildman–Crippen LogP) is 3.02. The fourth-order valence-corrected chi connectivity index (χ4v) is 3.90. The van der Waals surface area contributed by atoms with Gasteiger partial charge in [-0.05, 0) is 41.8 Å². The van der Waals surface area contributed by atoms with Crippen LogP contribution in [0.15, 0.2) is 41.8 Å². The molecule has 26 heavy (non-hydrogen) atoms. The molecule has 1 aliphatic rings. The van der Waals surface area contributed by atoms with Crippen molar-refractivity contribution in [1.82, 2.24) is 10.6 Å². The van der Waals surface area contributed by atoms with Crippen LogP contribution in [0.1, 0.15) is 52.5 Å². The lowest BCUT2D eigenvalue weighted by molar-refractivity contribution is -0.126. The van der Waals surface area contributed by atoms with Gasteiger partial charge in [0, 0.05) is 12.8 Å². The molecule has 0 bridgehead atoms. The molecule has 0 spiro atoms. The van der Waals surface area contributed by atoms with Crippen LogP contribution in [0.3, 0.4) is 0 Å². The van der Waals surface area contributed by atoms with E-state index in [1.54, 1.807) is 6.07 Å². The first kappa shape index (κ1) is 18.3. The summed E-state index contributed by atoms with van der Waals surface area (Å²) in [6, 6.07) is 11.7. The quantitative estimate of drug-likeness (QED) is 0.736. The maximum Gasteiger partial charge on any atom is 0.239 e. The number of nitrogens with one attached hydrogen (secondary N) is 2. The standard InChI is InChI=1S/C20H22N2O3S/c23-17(18-9-4-12-26-18)10-11-19(24)21-13-20(25)22-16-8-3-6-14-5-1-2-7-15(14)16/h1-2,4-5,7,9,12,16H,3,6,8,10-11,13H2,(H,21,24)(H,22,25). The van der Waals surface area contributed by atoms with Crippen molar-refractivity contribution in [3.63, 3.8) is 0 Å². The normalized spacial score (nSPS) is 15.8. The summed E-state index contributed by atoms with van der Waals surface area (Å²) in [5.41, 5.74) is 2.44. The highest BCUT2D eigenvalue weighted by Gasteiger charge is 2.21. The number of carbonyl (C=O) groups is 3. The summed E-state index contributed by atoms with van der Waals surface area (Å²) < 4.78 is 0. The fraction of sp³-hybridized carbons (Fsp3) is 0.350. The fourth-order valence-electron chi connectivity index (χ4n) is 3.20. The van der Waals surface area contributed by atoms with Crippen LogP contribution in [-0.2, 0) is 16.0 Å². The van der Waals surface area contributed by atoms with Crippen molar-refractivity contribution in [1.29, 1.82) is 0 Å². The van der Waals surface area contributed by atoms with Crippen LogP contribution in [-0.4, -0.2) is 24.1 Å². The van der Waals surface area contributed by atoms with Crippen molar-refractivity contribution >= 4 is 28.9 Å². The van der Waals surface area contributed by atoms with Gasteiger partial charge in [-0.25, -0.2) is 0 Å². The van der Waals surface area contributed by atoms with Gasteiger partial charge in [-0.15, -0.1) is 11.3 Å². The van der Waals surface area contributed by atoms with E-state index in [9.17, 15) is 14.4 Å². The van der Waals surface area contributed by atoms with Crippen LogP contribution in [0.4, 0.5) is 0 Å². The molecular formula is C20H22N2O3S. The van der Waals surface area contributed by atoms with Crippen molar-refractivity contribution in [2.24, 2.45) is 0 Å². The number of rotatable bonds is 7. The third-order valence-corrected chi connectivity index (χ3v) is 5.44. The molecule has 2 N–H and O–H groups in total. The molecule has 0 saturated carbocycles. The van der Waals surface area contributed by atoms with Crippen molar-refractivity contribution in [2.75, 3.05) is 6.54 Å². The Balaban J connectivity index is 1.42. The van der Waals surface area contributed by atoms with E-state index >= 15 is 0 Å². The Bertz CT molecular complexity index is 786. The first-order chi connectivity index (χ1) is 12.6. The Labute approximate surface area is 156 Å². The zero-order valence-electron chi connectivity index (χ0n) is 14.5. The van der Waals surface area contributed by atoms with Gasteiger partial charge in [-0.1, -0.05) is 30.3 Å². The summed E-state index contributed by atoms with van der Waals surface area (Å²) in [7, 11) is 0.